The van der Waals surface area contributed by atoms with Crippen molar-refractivity contribution < 1.29 is 4.52 Å². The summed E-state index contributed by atoms with van der Waals surface area (Å²) in [5.41, 5.74) is 7.79. The van der Waals surface area contributed by atoms with Crippen molar-refractivity contribution in [3.8, 4) is 11.5 Å². The smallest absolute Gasteiger partial charge is 0.258 e. The molecule has 0 aliphatic rings. The van der Waals surface area contributed by atoms with E-state index >= 15 is 0 Å². The van der Waals surface area contributed by atoms with Gasteiger partial charge in [-0.05, 0) is 30.4 Å². The highest BCUT2D eigenvalue weighted by molar-refractivity contribution is 5.60. The average Bonchev–Trinajstić information content (AvgIpc) is 2.88. The van der Waals surface area contributed by atoms with E-state index in [2.05, 4.69) is 37.0 Å². The lowest BCUT2D eigenvalue weighted by atomic mass is 9.84. The van der Waals surface area contributed by atoms with Gasteiger partial charge in [-0.3, -0.25) is 0 Å². The fraction of sp³-hybridized carbons (Fsp3) is 0.500. The average molecular weight is 273 g/mol. The van der Waals surface area contributed by atoms with Crippen molar-refractivity contribution in [1.29, 1.82) is 0 Å². The van der Waals surface area contributed by atoms with Crippen molar-refractivity contribution in [2.45, 2.75) is 52.0 Å². The van der Waals surface area contributed by atoms with Crippen LogP contribution in [0.5, 0.6) is 0 Å². The molecule has 1 atom stereocenters. The lowest BCUT2D eigenvalue weighted by Crippen LogP contribution is -2.33. The Hall–Kier alpha value is -1.68. The Morgan fingerprint density at radius 3 is 2.40 bits per heavy atom. The summed E-state index contributed by atoms with van der Waals surface area (Å²) in [6.45, 7) is 10.4. The zero-order chi connectivity index (χ0) is 15.0. The van der Waals surface area contributed by atoms with Gasteiger partial charge in [-0.1, -0.05) is 51.1 Å². The van der Waals surface area contributed by atoms with Crippen LogP contribution in [-0.2, 0) is 11.0 Å². The van der Waals surface area contributed by atoms with Crippen LogP contribution in [0.1, 0.15) is 52.4 Å². The van der Waals surface area contributed by atoms with Gasteiger partial charge in [0.05, 0.1) is 5.54 Å². The molecule has 0 fully saturated rings. The zero-order valence-corrected chi connectivity index (χ0v) is 12.9. The third-order valence-electron chi connectivity index (χ3n) is 3.64. The maximum absolute atomic E-state index is 6.17. The van der Waals surface area contributed by atoms with Crippen molar-refractivity contribution in [1.82, 2.24) is 10.1 Å². The van der Waals surface area contributed by atoms with E-state index in [0.717, 1.165) is 12.0 Å². The monoisotopic (exact) mass is 273 g/mol. The summed E-state index contributed by atoms with van der Waals surface area (Å²) in [6.07, 6.45) is 0.757. The Kier molecular flexibility index (Phi) is 3.69. The first kappa shape index (κ1) is 14.7. The van der Waals surface area contributed by atoms with E-state index in [-0.39, 0.29) is 5.41 Å². The lowest BCUT2D eigenvalue weighted by Gasteiger charge is -2.21. The number of nitrogens with zero attached hydrogens (tertiary/aromatic N) is 2. The molecule has 0 bridgehead atoms. The van der Waals surface area contributed by atoms with Crippen LogP contribution >= 0.6 is 0 Å². The molecular weight excluding hydrogens is 250 g/mol. The molecule has 108 valence electrons. The van der Waals surface area contributed by atoms with E-state index in [1.165, 1.54) is 5.56 Å². The molecule has 1 unspecified atom stereocenters. The maximum Gasteiger partial charge on any atom is 0.258 e. The molecule has 2 N–H and O–H groups in total. The van der Waals surface area contributed by atoms with Gasteiger partial charge in [0, 0.05) is 5.56 Å². The molecule has 20 heavy (non-hydrogen) atoms. The molecule has 2 aromatic rings. The molecule has 2 rings (SSSR count). The molecule has 0 aliphatic carbocycles. The molecule has 0 saturated carbocycles. The van der Waals surface area contributed by atoms with Crippen LogP contribution in [0.2, 0.25) is 0 Å². The van der Waals surface area contributed by atoms with Gasteiger partial charge in [-0.2, -0.15) is 4.98 Å². The summed E-state index contributed by atoms with van der Waals surface area (Å²) < 4.78 is 5.43. The van der Waals surface area contributed by atoms with Crippen LogP contribution < -0.4 is 5.73 Å². The van der Waals surface area contributed by atoms with Gasteiger partial charge in [0.25, 0.3) is 5.89 Å². The standard InChI is InChI=1S/C16H23N3O/c1-6-16(5,17)14-18-13(20-19-14)11-9-7-8-10-12(11)15(2,3)4/h7-10H,6,17H2,1-5H3. The molecule has 0 aliphatic heterocycles. The molecule has 4 heteroatoms. The van der Waals surface area contributed by atoms with Crippen LogP contribution in [0.4, 0.5) is 0 Å². The third-order valence-corrected chi connectivity index (χ3v) is 3.64. The van der Waals surface area contributed by atoms with Crippen LogP contribution in [0.15, 0.2) is 28.8 Å². The summed E-state index contributed by atoms with van der Waals surface area (Å²) in [4.78, 5) is 4.49. The highest BCUT2D eigenvalue weighted by Crippen LogP contribution is 2.32. The molecule has 0 amide bonds. The number of hydrogen-bond donors (Lipinski definition) is 1. The van der Waals surface area contributed by atoms with Crippen molar-refractivity contribution >= 4 is 0 Å². The summed E-state index contributed by atoms with van der Waals surface area (Å²) in [6, 6.07) is 8.12. The second-order valence-electron chi connectivity index (χ2n) is 6.49. The van der Waals surface area contributed by atoms with E-state index in [9.17, 15) is 0 Å². The first-order valence-electron chi connectivity index (χ1n) is 6.98. The van der Waals surface area contributed by atoms with Crippen molar-refractivity contribution in [3.05, 3.63) is 35.7 Å². The second-order valence-corrected chi connectivity index (χ2v) is 6.49. The minimum Gasteiger partial charge on any atom is -0.334 e. The normalized spacial score (nSPS) is 15.1. The fourth-order valence-corrected chi connectivity index (χ4v) is 2.05. The lowest BCUT2D eigenvalue weighted by molar-refractivity contribution is 0.378. The number of nitrogens with two attached hydrogens (primary N) is 1. The molecule has 0 saturated heterocycles. The second kappa shape index (κ2) is 5.02. The minimum absolute atomic E-state index is 0.0159. The summed E-state index contributed by atoms with van der Waals surface area (Å²) >= 11 is 0. The Bertz CT molecular complexity index is 594. The Balaban J connectivity index is 2.49. The summed E-state index contributed by atoms with van der Waals surface area (Å²) in [7, 11) is 0. The van der Waals surface area contributed by atoms with Gasteiger partial charge in [0.15, 0.2) is 5.82 Å². The largest absolute Gasteiger partial charge is 0.334 e. The molecule has 0 spiro atoms. The van der Waals surface area contributed by atoms with Gasteiger partial charge in [-0.15, -0.1) is 0 Å². The van der Waals surface area contributed by atoms with Crippen molar-refractivity contribution in [2.75, 3.05) is 0 Å². The van der Waals surface area contributed by atoms with Gasteiger partial charge >= 0.3 is 0 Å². The molecule has 1 aromatic carbocycles. The Morgan fingerprint density at radius 1 is 1.15 bits per heavy atom. The van der Waals surface area contributed by atoms with Gasteiger partial charge in [-0.25, -0.2) is 0 Å². The van der Waals surface area contributed by atoms with Crippen molar-refractivity contribution in [2.24, 2.45) is 5.73 Å². The highest BCUT2D eigenvalue weighted by Gasteiger charge is 2.27. The van der Waals surface area contributed by atoms with Crippen LogP contribution in [0.25, 0.3) is 11.5 Å². The van der Waals surface area contributed by atoms with E-state index in [4.69, 9.17) is 10.3 Å². The quantitative estimate of drug-likeness (QED) is 0.927. The van der Waals surface area contributed by atoms with Crippen LogP contribution in [0.3, 0.4) is 0 Å². The molecule has 1 heterocycles. The minimum atomic E-state index is -0.557. The summed E-state index contributed by atoms with van der Waals surface area (Å²) in [5.74, 6) is 1.09. The first-order chi connectivity index (χ1) is 9.25. The highest BCUT2D eigenvalue weighted by atomic mass is 16.5. The SMILES string of the molecule is CCC(C)(N)c1noc(-c2ccccc2C(C)(C)C)n1. The van der Waals surface area contributed by atoms with E-state index in [0.29, 0.717) is 11.7 Å². The molecule has 1 aromatic heterocycles. The van der Waals surface area contributed by atoms with Gasteiger partial charge in [0.1, 0.15) is 0 Å². The topological polar surface area (TPSA) is 64.9 Å². The van der Waals surface area contributed by atoms with E-state index < -0.39 is 5.54 Å². The van der Waals surface area contributed by atoms with E-state index in [1.807, 2.05) is 32.0 Å². The molecular formula is C16H23N3O. The Labute approximate surface area is 120 Å². The fourth-order valence-electron chi connectivity index (χ4n) is 2.05. The third kappa shape index (κ3) is 2.75. The predicted octanol–water partition coefficient (Wildman–Crippen LogP) is 3.62. The van der Waals surface area contributed by atoms with Gasteiger partial charge < -0.3 is 10.3 Å². The number of aromatic nitrogens is 2. The number of hydrogen-bond acceptors (Lipinski definition) is 4. The molecule has 0 radical (unpaired) electrons. The van der Waals surface area contributed by atoms with Crippen LogP contribution in [0, 0.1) is 0 Å². The predicted molar refractivity (Wildman–Crippen MR) is 80.3 cm³/mol. The Morgan fingerprint density at radius 2 is 1.80 bits per heavy atom. The van der Waals surface area contributed by atoms with Crippen molar-refractivity contribution in [3.63, 3.8) is 0 Å². The summed E-state index contributed by atoms with van der Waals surface area (Å²) in [5, 5.41) is 4.05. The maximum atomic E-state index is 6.17. The van der Waals surface area contributed by atoms with Gasteiger partial charge in [0.2, 0.25) is 0 Å². The molecule has 4 nitrogen and oxygen atoms in total. The first-order valence-corrected chi connectivity index (χ1v) is 6.98. The number of rotatable bonds is 3. The number of benzene rings is 1. The zero-order valence-electron chi connectivity index (χ0n) is 12.9. The van der Waals surface area contributed by atoms with Crippen LogP contribution in [-0.4, -0.2) is 10.1 Å². The van der Waals surface area contributed by atoms with E-state index in [1.54, 1.807) is 0 Å².